The third-order valence-corrected chi connectivity index (χ3v) is 2.98. The van der Waals surface area contributed by atoms with Gasteiger partial charge in [-0.25, -0.2) is 0 Å². The zero-order chi connectivity index (χ0) is 12.3. The Kier molecular flexibility index (Phi) is 4.33. The van der Waals surface area contributed by atoms with Gasteiger partial charge in [0.1, 0.15) is 0 Å². The van der Waals surface area contributed by atoms with Crippen LogP contribution in [0.3, 0.4) is 0 Å². The minimum atomic E-state index is 0.109. The fourth-order valence-corrected chi connectivity index (χ4v) is 2.13. The molecule has 0 unspecified atom stereocenters. The van der Waals surface area contributed by atoms with E-state index in [0.717, 1.165) is 26.2 Å². The summed E-state index contributed by atoms with van der Waals surface area (Å²) in [5, 5.41) is 9.07. The van der Waals surface area contributed by atoms with Gasteiger partial charge in [0, 0.05) is 32.7 Å². The molecule has 0 radical (unpaired) electrons. The Hall–Kier alpha value is -0.690. The van der Waals surface area contributed by atoms with E-state index >= 15 is 0 Å². The van der Waals surface area contributed by atoms with Crippen molar-refractivity contribution in [3.8, 4) is 0 Å². The van der Waals surface area contributed by atoms with Crippen molar-refractivity contribution in [1.29, 1.82) is 0 Å². The highest BCUT2D eigenvalue weighted by Gasteiger charge is 2.19. The molecule has 2 rings (SSSR count). The maximum Gasteiger partial charge on any atom is 0.231 e. The van der Waals surface area contributed by atoms with E-state index in [4.69, 9.17) is 28.3 Å². The molecule has 1 aliphatic rings. The van der Waals surface area contributed by atoms with Gasteiger partial charge in [-0.15, -0.1) is 0 Å². The van der Waals surface area contributed by atoms with Gasteiger partial charge in [0.25, 0.3) is 0 Å². The fraction of sp³-hybridized carbons (Fsp3) is 0.667. The van der Waals surface area contributed by atoms with E-state index in [1.807, 2.05) is 4.90 Å². The van der Waals surface area contributed by atoms with Crippen LogP contribution in [-0.2, 0) is 0 Å². The average Bonchev–Trinajstić information content (AvgIpc) is 2.29. The van der Waals surface area contributed by atoms with Crippen LogP contribution in [0.2, 0.25) is 10.6 Å². The number of aliphatic hydroxyl groups is 1. The van der Waals surface area contributed by atoms with Crippen LogP contribution in [0.5, 0.6) is 0 Å². The highest BCUT2D eigenvalue weighted by atomic mass is 35.5. The van der Waals surface area contributed by atoms with Gasteiger partial charge in [0.2, 0.25) is 16.5 Å². The van der Waals surface area contributed by atoms with Gasteiger partial charge in [0.05, 0.1) is 6.61 Å². The summed E-state index contributed by atoms with van der Waals surface area (Å²) in [6.07, 6.45) is 0. The molecule has 1 saturated heterocycles. The number of hydrogen-bond donors (Lipinski definition) is 1. The summed E-state index contributed by atoms with van der Waals surface area (Å²) < 4.78 is 0. The van der Waals surface area contributed by atoms with Gasteiger partial charge in [-0.1, -0.05) is 0 Å². The minimum Gasteiger partial charge on any atom is -0.395 e. The monoisotopic (exact) mass is 277 g/mol. The molecule has 0 saturated carbocycles. The second-order valence-corrected chi connectivity index (χ2v) is 4.40. The molecule has 17 heavy (non-hydrogen) atoms. The Bertz CT molecular complexity index is 363. The van der Waals surface area contributed by atoms with Gasteiger partial charge in [-0.3, -0.25) is 4.90 Å². The van der Waals surface area contributed by atoms with Crippen LogP contribution in [0.1, 0.15) is 0 Å². The number of aliphatic hydroxyl groups excluding tert-OH is 1. The van der Waals surface area contributed by atoms with Crippen molar-refractivity contribution in [3.05, 3.63) is 10.6 Å². The van der Waals surface area contributed by atoms with Crippen molar-refractivity contribution < 1.29 is 5.11 Å². The Morgan fingerprint density at radius 1 is 1.00 bits per heavy atom. The number of hydrogen-bond acceptors (Lipinski definition) is 6. The number of aromatic nitrogens is 3. The Labute approximate surface area is 109 Å². The van der Waals surface area contributed by atoms with Crippen molar-refractivity contribution in [1.82, 2.24) is 19.9 Å². The van der Waals surface area contributed by atoms with E-state index in [9.17, 15) is 0 Å². The predicted molar refractivity (Wildman–Crippen MR) is 65.6 cm³/mol. The van der Waals surface area contributed by atoms with Crippen LogP contribution >= 0.6 is 23.2 Å². The maximum absolute atomic E-state index is 8.85. The van der Waals surface area contributed by atoms with Crippen LogP contribution in [0.15, 0.2) is 0 Å². The molecule has 94 valence electrons. The lowest BCUT2D eigenvalue weighted by Gasteiger charge is -2.34. The maximum atomic E-state index is 8.85. The van der Waals surface area contributed by atoms with Crippen molar-refractivity contribution in [2.45, 2.75) is 0 Å². The summed E-state index contributed by atoms with van der Waals surface area (Å²) in [4.78, 5) is 16.0. The largest absolute Gasteiger partial charge is 0.395 e. The molecule has 0 spiro atoms. The molecule has 0 amide bonds. The third-order valence-electron chi connectivity index (χ3n) is 2.64. The molecule has 8 heteroatoms. The van der Waals surface area contributed by atoms with E-state index in [2.05, 4.69) is 19.9 Å². The summed E-state index contributed by atoms with van der Waals surface area (Å²) >= 11 is 11.5. The molecular weight excluding hydrogens is 265 g/mol. The molecule has 6 nitrogen and oxygen atoms in total. The van der Waals surface area contributed by atoms with Gasteiger partial charge < -0.3 is 10.0 Å². The fourth-order valence-electron chi connectivity index (χ4n) is 1.77. The standard InChI is InChI=1S/C9H13Cl2N5O/c10-7-12-8(11)14-9(13-7)16-3-1-15(2-4-16)5-6-17/h17H,1-6H2. The second-order valence-electron chi connectivity index (χ2n) is 3.73. The molecule has 0 aliphatic carbocycles. The van der Waals surface area contributed by atoms with Crippen LogP contribution in [-0.4, -0.2) is 64.3 Å². The zero-order valence-electron chi connectivity index (χ0n) is 9.18. The van der Waals surface area contributed by atoms with E-state index in [0.29, 0.717) is 12.5 Å². The minimum absolute atomic E-state index is 0.109. The molecule has 1 aliphatic heterocycles. The number of β-amino-alcohol motifs (C(OH)–C–C–N with tert-alkyl or cyclic N) is 1. The lowest BCUT2D eigenvalue weighted by Crippen LogP contribution is -2.47. The van der Waals surface area contributed by atoms with Gasteiger partial charge in [-0.2, -0.15) is 15.0 Å². The lowest BCUT2D eigenvalue weighted by atomic mass is 10.3. The van der Waals surface area contributed by atoms with E-state index < -0.39 is 0 Å². The Morgan fingerprint density at radius 2 is 1.59 bits per heavy atom. The van der Waals surface area contributed by atoms with E-state index in [1.165, 1.54) is 0 Å². The zero-order valence-corrected chi connectivity index (χ0v) is 10.7. The van der Waals surface area contributed by atoms with Crippen LogP contribution in [0, 0.1) is 0 Å². The summed E-state index contributed by atoms with van der Waals surface area (Å²) in [5.74, 6) is 0.513. The molecule has 0 atom stereocenters. The summed E-state index contributed by atoms with van der Waals surface area (Å²) in [6.45, 7) is 4.19. The topological polar surface area (TPSA) is 65.4 Å². The van der Waals surface area contributed by atoms with Crippen LogP contribution in [0.25, 0.3) is 0 Å². The van der Waals surface area contributed by atoms with Crippen LogP contribution < -0.4 is 4.90 Å². The quantitative estimate of drug-likeness (QED) is 0.857. The van der Waals surface area contributed by atoms with Crippen molar-refractivity contribution >= 4 is 29.2 Å². The highest BCUT2D eigenvalue weighted by Crippen LogP contribution is 2.15. The highest BCUT2D eigenvalue weighted by molar-refractivity contribution is 6.31. The predicted octanol–water partition coefficient (Wildman–Crippen LogP) is 0.293. The second kappa shape index (κ2) is 5.77. The molecule has 1 aromatic rings. The van der Waals surface area contributed by atoms with Crippen LogP contribution in [0.4, 0.5) is 5.95 Å². The molecule has 1 fully saturated rings. The number of halogens is 2. The normalized spacial score (nSPS) is 17.5. The molecule has 0 aromatic carbocycles. The third kappa shape index (κ3) is 3.38. The smallest absolute Gasteiger partial charge is 0.231 e. The van der Waals surface area contributed by atoms with Gasteiger partial charge >= 0.3 is 0 Å². The number of rotatable bonds is 3. The first-order chi connectivity index (χ1) is 8.19. The lowest BCUT2D eigenvalue weighted by molar-refractivity contribution is 0.188. The first kappa shape index (κ1) is 12.8. The van der Waals surface area contributed by atoms with Gasteiger partial charge in [0.15, 0.2) is 0 Å². The average molecular weight is 278 g/mol. The van der Waals surface area contributed by atoms with Gasteiger partial charge in [-0.05, 0) is 23.2 Å². The van der Waals surface area contributed by atoms with E-state index in [1.54, 1.807) is 0 Å². The number of piperazine rings is 1. The number of anilines is 1. The SMILES string of the molecule is OCCN1CCN(c2nc(Cl)nc(Cl)n2)CC1. The van der Waals surface area contributed by atoms with Crippen molar-refractivity contribution in [2.24, 2.45) is 0 Å². The summed E-state index contributed by atoms with van der Waals surface area (Å²) in [7, 11) is 0. The molecule has 1 N–H and O–H groups in total. The molecule has 0 bridgehead atoms. The molecule has 1 aromatic heterocycles. The Morgan fingerprint density at radius 3 is 2.12 bits per heavy atom. The molecule has 2 heterocycles. The Balaban J connectivity index is 2.00. The molecular formula is C9H13Cl2N5O. The first-order valence-corrected chi connectivity index (χ1v) is 6.10. The van der Waals surface area contributed by atoms with Crippen molar-refractivity contribution in [3.63, 3.8) is 0 Å². The summed E-state index contributed by atoms with van der Waals surface area (Å²) in [5.41, 5.74) is 0. The van der Waals surface area contributed by atoms with E-state index in [-0.39, 0.29) is 17.2 Å². The van der Waals surface area contributed by atoms with Crippen molar-refractivity contribution in [2.75, 3.05) is 44.2 Å². The summed E-state index contributed by atoms with van der Waals surface area (Å²) in [6, 6.07) is 0. The number of nitrogens with zero attached hydrogens (tertiary/aromatic N) is 5. The first-order valence-electron chi connectivity index (χ1n) is 5.34.